The van der Waals surface area contributed by atoms with Gasteiger partial charge in [0.2, 0.25) is 17.1 Å². The molecule has 15 nitrogen and oxygen atoms in total. The smallest absolute Gasteiger partial charge is 0.428 e. The van der Waals surface area contributed by atoms with Gasteiger partial charge in [0.25, 0.3) is 0 Å². The molecule has 24 aromatic rings. The monoisotopic (exact) mass is 1760 g/mol. The first-order chi connectivity index (χ1) is 68.0. The van der Waals surface area contributed by atoms with Crippen LogP contribution in [0.25, 0.3) is 146 Å². The number of fused-ring (bicyclic) bond motifs is 10. The zero-order chi connectivity index (χ0) is 90.9. The van der Waals surface area contributed by atoms with Gasteiger partial charge < -0.3 is 28.6 Å². The lowest BCUT2D eigenvalue weighted by Crippen LogP contribution is -2.55. The summed E-state index contributed by atoms with van der Waals surface area (Å²) < 4.78 is 19.5. The minimum absolute atomic E-state index is 0.632. The third-order valence-electron chi connectivity index (χ3n) is 25.3. The van der Waals surface area contributed by atoms with Crippen LogP contribution < -0.4 is 33.1 Å². The molecule has 0 saturated carbocycles. The van der Waals surface area contributed by atoms with Gasteiger partial charge in [-0.25, -0.2) is 15.0 Å². The summed E-state index contributed by atoms with van der Waals surface area (Å²) in [5.41, 5.74) is 28.3. The molecule has 0 spiro atoms. The van der Waals surface area contributed by atoms with E-state index in [-0.39, 0.29) is 0 Å². The van der Waals surface area contributed by atoms with Crippen LogP contribution >= 0.6 is 0 Å². The van der Waals surface area contributed by atoms with E-state index < -0.39 is 0 Å². The van der Waals surface area contributed by atoms with E-state index in [0.717, 1.165) is 131 Å². The molecule has 0 aliphatic carbocycles. The molecule has 0 N–H and O–H groups in total. The van der Waals surface area contributed by atoms with E-state index in [1.165, 1.54) is 60.4 Å². The Morgan fingerprint density at radius 3 is 0.854 bits per heavy atom. The van der Waals surface area contributed by atoms with E-state index in [0.29, 0.717) is 17.5 Å². The number of hydrogen-bond donors (Lipinski definition) is 0. The van der Waals surface area contributed by atoms with Gasteiger partial charge in [0.15, 0.2) is 40.6 Å². The van der Waals surface area contributed by atoms with Crippen LogP contribution in [-0.2, 0) is 0 Å². The summed E-state index contributed by atoms with van der Waals surface area (Å²) in [5.74, 6) is 5.19. The topological polar surface area (TPSA) is 110 Å². The number of anilines is 9. The van der Waals surface area contributed by atoms with Gasteiger partial charge in [-0.3, -0.25) is 4.57 Å². The molecule has 0 atom stereocenters. The standard InChI is InChI=1S/C51H36N5.C38H27N5.C33H22N4O/c1-4-14-39(15-5-1)52-34-53(40-16-6-2-7-17-40)36-54(35-52)41-26-28-43(29-27-41)56-49-23-13-11-21-45(49)47-33-38(25-31-51(47)56)37-24-30-50-46(32-37)44-20-10-12-22-48(44)55(50)42-18-8-3-9-19-42;1-4-14-28(15-5-1)37-39-40-38(43(37)31-18-8-3-9-19-31)29-24-26-32(27-25-29)42-35-22-12-10-20-33(35)41(30-16-6-2-7-17-30)34-21-11-13-23-36(34)42;1-3-11-23(12-4-1)31-34-32(24-13-5-2-6-14-24)36-33(35-31)25-19-21-26(22-20-25)37-27-15-7-9-17-29(27)38-30-18-10-8-16-28(30)37/h1-36H;1-27H;1-22H/q+3;;. The van der Waals surface area contributed by atoms with Crippen LogP contribution in [0.5, 0.6) is 11.5 Å². The normalized spacial score (nSPS) is 11.8. The summed E-state index contributed by atoms with van der Waals surface area (Å²) in [5, 5.41) is 14.3. The van der Waals surface area contributed by atoms with E-state index >= 15 is 0 Å². The van der Waals surface area contributed by atoms with Crippen molar-refractivity contribution < 1.29 is 18.4 Å². The van der Waals surface area contributed by atoms with Gasteiger partial charge in [-0.2, -0.15) is 0 Å². The van der Waals surface area contributed by atoms with Crippen LogP contribution in [0.3, 0.4) is 0 Å². The second-order valence-electron chi connectivity index (χ2n) is 33.6. The second kappa shape index (κ2) is 35.8. The molecule has 19 aromatic carbocycles. The van der Waals surface area contributed by atoms with Crippen molar-refractivity contribution in [2.75, 3.05) is 14.7 Å². The first kappa shape index (κ1) is 81.4. The number of hydrogen-bond acceptors (Lipinski definition) is 9. The molecule has 26 rings (SSSR count). The highest BCUT2D eigenvalue weighted by atomic mass is 16.5. The quantitative estimate of drug-likeness (QED) is 0.0927. The molecule has 7 heterocycles. The van der Waals surface area contributed by atoms with Crippen molar-refractivity contribution in [2.24, 2.45) is 0 Å². The fourth-order valence-electron chi connectivity index (χ4n) is 18.9. The molecule has 0 amide bonds. The van der Waals surface area contributed by atoms with Gasteiger partial charge in [-0.15, -0.1) is 10.2 Å². The number of nitrogens with zero attached hydrogens (tertiary/aromatic N) is 14. The maximum absolute atomic E-state index is 6.16. The summed E-state index contributed by atoms with van der Waals surface area (Å²) in [4.78, 5) is 21.4. The molecule has 0 fully saturated rings. The molecule has 0 saturated heterocycles. The Kier molecular flexibility index (Phi) is 21.3. The minimum atomic E-state index is 0.632. The lowest BCUT2D eigenvalue weighted by Gasteiger charge is -2.40. The van der Waals surface area contributed by atoms with E-state index in [9.17, 15) is 0 Å². The Morgan fingerprint density at radius 1 is 0.182 bits per heavy atom. The Balaban J connectivity index is 0.000000115. The van der Waals surface area contributed by atoms with E-state index in [4.69, 9.17) is 19.7 Å². The molecule has 0 bridgehead atoms. The molecule has 646 valence electrons. The van der Waals surface area contributed by atoms with E-state index in [2.05, 4.69) is 423 Å². The number of aromatic nitrogens is 11. The van der Waals surface area contributed by atoms with Gasteiger partial charge in [0.1, 0.15) is 0 Å². The molecular weight excluding hydrogens is 1680 g/mol. The van der Waals surface area contributed by atoms with Crippen LogP contribution in [-0.4, -0.2) is 38.9 Å². The van der Waals surface area contributed by atoms with Crippen molar-refractivity contribution in [3.63, 3.8) is 0 Å². The Bertz CT molecular complexity index is 8320. The molecule has 5 aromatic heterocycles. The van der Waals surface area contributed by atoms with Gasteiger partial charge in [-0.1, -0.05) is 293 Å². The van der Waals surface area contributed by atoms with Crippen molar-refractivity contribution in [3.05, 3.63) is 516 Å². The highest BCUT2D eigenvalue weighted by Crippen LogP contribution is 2.55. The van der Waals surface area contributed by atoms with Crippen molar-refractivity contribution >= 4 is 94.8 Å². The van der Waals surface area contributed by atoms with Gasteiger partial charge in [-0.05, 0) is 193 Å². The van der Waals surface area contributed by atoms with Crippen molar-refractivity contribution in [3.8, 4) is 114 Å². The highest BCUT2D eigenvalue weighted by molar-refractivity contribution is 6.13. The van der Waals surface area contributed by atoms with Crippen LogP contribution in [0.2, 0.25) is 0 Å². The van der Waals surface area contributed by atoms with Gasteiger partial charge in [0, 0.05) is 120 Å². The first-order valence-electron chi connectivity index (χ1n) is 45.8. The summed E-state index contributed by atoms with van der Waals surface area (Å²) >= 11 is 0. The molecule has 0 radical (unpaired) electrons. The van der Waals surface area contributed by atoms with Gasteiger partial charge in [0.05, 0.1) is 56.2 Å². The van der Waals surface area contributed by atoms with Crippen LogP contribution in [0.15, 0.2) is 516 Å². The van der Waals surface area contributed by atoms with Crippen molar-refractivity contribution in [1.29, 1.82) is 0 Å². The molecule has 15 heteroatoms. The summed E-state index contributed by atoms with van der Waals surface area (Å²) in [7, 11) is 0. The van der Waals surface area contributed by atoms with Crippen LogP contribution in [0.1, 0.15) is 0 Å². The van der Waals surface area contributed by atoms with Crippen LogP contribution in [0, 0.1) is 0 Å². The van der Waals surface area contributed by atoms with Crippen LogP contribution in [0.4, 0.5) is 51.2 Å². The average molecular weight is 1760 g/mol. The third kappa shape index (κ3) is 15.5. The largest absolute Gasteiger partial charge is 0.453 e. The Labute approximate surface area is 791 Å². The number of benzene rings is 19. The zero-order valence-electron chi connectivity index (χ0n) is 74.2. The summed E-state index contributed by atoms with van der Waals surface area (Å²) in [6, 6.07) is 173. The number of rotatable bonds is 15. The predicted molar refractivity (Wildman–Crippen MR) is 551 cm³/mol. The minimum Gasteiger partial charge on any atom is -0.453 e. The Morgan fingerprint density at radius 2 is 0.445 bits per heavy atom. The van der Waals surface area contributed by atoms with Crippen molar-refractivity contribution in [1.82, 2.24) is 38.9 Å². The lowest BCUT2D eigenvalue weighted by atomic mass is 10.0. The maximum atomic E-state index is 6.16. The average Bonchev–Trinajstić information content (AvgIpc) is 1.61. The maximum Gasteiger partial charge on any atom is 0.428 e. The molecule has 137 heavy (non-hydrogen) atoms. The number of para-hydroxylation sites is 15. The second-order valence-corrected chi connectivity index (χ2v) is 33.6. The van der Waals surface area contributed by atoms with E-state index in [1.54, 1.807) is 0 Å². The lowest BCUT2D eigenvalue weighted by molar-refractivity contribution is -0.858. The summed E-state index contributed by atoms with van der Waals surface area (Å²) in [6.07, 6.45) is 6.37. The SMILES string of the molecule is c1ccc(-c2nc(-c3ccccc3)nc(-c3ccc(N4c5ccccc5Oc5ccccc54)cc3)n2)cc1.c1ccc(-c2nnc(-c3ccc(N4c5ccccc5N(c5ccccc5)c5ccccc54)cc3)n2-c2ccccc2)cc1.c1ccc(-n2c3ccccc3c3cc(-c4ccc5c(c4)c4ccccc4n5-c4ccc(-[n+]5c[n+](-c6ccccc6)c[n+](-c6ccccc6)c5)cc4)ccc32)cc1. The molecule has 0 unspecified atom stereocenters. The molecular formula is C122H85N14O+3. The van der Waals surface area contributed by atoms with Gasteiger partial charge >= 0.3 is 19.0 Å². The first-order valence-corrected chi connectivity index (χ1v) is 45.8. The highest BCUT2D eigenvalue weighted by Gasteiger charge is 2.33. The zero-order valence-corrected chi connectivity index (χ0v) is 74.2. The predicted octanol–water partition coefficient (Wildman–Crippen LogP) is 28.7. The fourth-order valence-corrected chi connectivity index (χ4v) is 18.9. The third-order valence-corrected chi connectivity index (χ3v) is 25.3. The van der Waals surface area contributed by atoms with E-state index in [1.807, 2.05) is 146 Å². The molecule has 2 aliphatic rings. The Hall–Kier alpha value is -18.9. The fraction of sp³-hybridized carbons (Fsp3) is 0. The molecule has 2 aliphatic heterocycles. The van der Waals surface area contributed by atoms with Crippen molar-refractivity contribution in [2.45, 2.75) is 0 Å². The number of ether oxygens (including phenoxy) is 1. The summed E-state index contributed by atoms with van der Waals surface area (Å²) in [6.45, 7) is 0.